The van der Waals surface area contributed by atoms with Crippen molar-refractivity contribution < 1.29 is 4.79 Å². The van der Waals surface area contributed by atoms with Crippen molar-refractivity contribution in [1.82, 2.24) is 29.3 Å². The number of Topliss-reactive ketones (excluding diaryl/α,β-unsaturated/α-hetero) is 1. The van der Waals surface area contributed by atoms with E-state index < -0.39 is 5.69 Å². The highest BCUT2D eigenvalue weighted by Crippen LogP contribution is 2.12. The van der Waals surface area contributed by atoms with E-state index in [9.17, 15) is 9.59 Å². The maximum Gasteiger partial charge on any atom is 0.366 e. The van der Waals surface area contributed by atoms with E-state index in [4.69, 9.17) is 0 Å². The first-order valence-corrected chi connectivity index (χ1v) is 7.09. The van der Waals surface area contributed by atoms with Crippen molar-refractivity contribution in [2.45, 2.75) is 19.9 Å². The molecule has 0 atom stereocenters. The van der Waals surface area contributed by atoms with Gasteiger partial charge in [0.15, 0.2) is 11.6 Å². The molecule has 0 fully saturated rings. The SMILES string of the molecule is CC(=O)Cn1nc(Cc2cccs2)n(-n2cnnc2)c1=O. The van der Waals surface area contributed by atoms with Gasteiger partial charge in [-0.15, -0.1) is 21.5 Å². The van der Waals surface area contributed by atoms with Crippen LogP contribution in [0.25, 0.3) is 0 Å². The van der Waals surface area contributed by atoms with Crippen LogP contribution < -0.4 is 5.69 Å². The third-order valence-electron chi connectivity index (χ3n) is 2.81. The minimum atomic E-state index is -0.392. The van der Waals surface area contributed by atoms with Crippen LogP contribution in [0, 0.1) is 0 Å². The van der Waals surface area contributed by atoms with E-state index in [2.05, 4.69) is 15.3 Å². The summed E-state index contributed by atoms with van der Waals surface area (Å²) in [6, 6.07) is 3.91. The molecule has 3 aromatic heterocycles. The number of ketones is 1. The highest BCUT2D eigenvalue weighted by Gasteiger charge is 2.16. The molecule has 21 heavy (non-hydrogen) atoms. The number of rotatable bonds is 5. The molecule has 3 aromatic rings. The van der Waals surface area contributed by atoms with Crippen molar-refractivity contribution in [3.8, 4) is 0 Å². The highest BCUT2D eigenvalue weighted by molar-refractivity contribution is 7.09. The molecule has 0 aliphatic rings. The Bertz CT molecular complexity index is 800. The average Bonchev–Trinajstić information content (AvgIpc) is 3.13. The molecule has 0 saturated heterocycles. The van der Waals surface area contributed by atoms with E-state index in [-0.39, 0.29) is 12.3 Å². The van der Waals surface area contributed by atoms with Crippen LogP contribution in [0.4, 0.5) is 0 Å². The maximum atomic E-state index is 12.4. The Morgan fingerprint density at radius 1 is 1.33 bits per heavy atom. The fourth-order valence-corrected chi connectivity index (χ4v) is 2.67. The normalized spacial score (nSPS) is 10.9. The van der Waals surface area contributed by atoms with Crippen LogP contribution in [0.3, 0.4) is 0 Å². The molecular weight excluding hydrogens is 292 g/mol. The Labute approximate surface area is 123 Å². The van der Waals surface area contributed by atoms with Crippen LogP contribution in [0.1, 0.15) is 17.6 Å². The van der Waals surface area contributed by atoms with Crippen molar-refractivity contribution in [3.05, 3.63) is 51.4 Å². The van der Waals surface area contributed by atoms with Gasteiger partial charge >= 0.3 is 5.69 Å². The van der Waals surface area contributed by atoms with Gasteiger partial charge in [0, 0.05) is 11.3 Å². The quantitative estimate of drug-likeness (QED) is 0.671. The number of hydrogen-bond donors (Lipinski definition) is 0. The van der Waals surface area contributed by atoms with Gasteiger partial charge in [0.1, 0.15) is 19.2 Å². The molecule has 108 valence electrons. The van der Waals surface area contributed by atoms with Crippen molar-refractivity contribution in [3.63, 3.8) is 0 Å². The largest absolute Gasteiger partial charge is 0.366 e. The van der Waals surface area contributed by atoms with E-state index in [1.807, 2.05) is 17.5 Å². The van der Waals surface area contributed by atoms with Gasteiger partial charge in [-0.05, 0) is 18.4 Å². The number of aromatic nitrogens is 6. The summed E-state index contributed by atoms with van der Waals surface area (Å²) >= 11 is 1.58. The third-order valence-corrected chi connectivity index (χ3v) is 3.68. The first kappa shape index (κ1) is 13.4. The Morgan fingerprint density at radius 3 is 2.71 bits per heavy atom. The average molecular weight is 304 g/mol. The van der Waals surface area contributed by atoms with Gasteiger partial charge in [0.25, 0.3) is 0 Å². The lowest BCUT2D eigenvalue weighted by atomic mass is 10.3. The molecule has 0 amide bonds. The summed E-state index contributed by atoms with van der Waals surface area (Å²) in [5, 5.41) is 13.6. The lowest BCUT2D eigenvalue weighted by Gasteiger charge is -2.03. The molecule has 0 spiro atoms. The molecule has 0 aromatic carbocycles. The molecule has 0 N–H and O–H groups in total. The number of hydrogen-bond acceptors (Lipinski definition) is 6. The zero-order valence-corrected chi connectivity index (χ0v) is 12.0. The van der Waals surface area contributed by atoms with E-state index in [1.54, 1.807) is 11.3 Å². The molecule has 0 aliphatic carbocycles. The lowest BCUT2D eigenvalue weighted by Crippen LogP contribution is -2.30. The van der Waals surface area contributed by atoms with Gasteiger partial charge in [0.2, 0.25) is 0 Å². The van der Waals surface area contributed by atoms with Crippen LogP contribution >= 0.6 is 11.3 Å². The number of carbonyl (C=O) groups is 1. The first-order chi connectivity index (χ1) is 10.1. The molecule has 0 saturated carbocycles. The monoisotopic (exact) mass is 304 g/mol. The van der Waals surface area contributed by atoms with Crippen molar-refractivity contribution >= 4 is 17.1 Å². The minimum Gasteiger partial charge on any atom is -0.298 e. The molecular formula is C12H12N6O2S. The Kier molecular flexibility index (Phi) is 3.48. The molecule has 0 unspecified atom stereocenters. The van der Waals surface area contributed by atoms with Crippen LogP contribution in [0.2, 0.25) is 0 Å². The van der Waals surface area contributed by atoms with E-state index in [0.717, 1.165) is 9.56 Å². The van der Waals surface area contributed by atoms with Crippen LogP contribution in [0.15, 0.2) is 35.0 Å². The molecule has 0 radical (unpaired) electrons. The molecule has 0 aliphatic heterocycles. The van der Waals surface area contributed by atoms with Crippen LogP contribution in [-0.2, 0) is 17.8 Å². The van der Waals surface area contributed by atoms with Gasteiger partial charge in [0.05, 0.1) is 0 Å². The van der Waals surface area contributed by atoms with Gasteiger partial charge < -0.3 is 0 Å². The topological polar surface area (TPSA) is 87.6 Å². The maximum absolute atomic E-state index is 12.4. The summed E-state index contributed by atoms with van der Waals surface area (Å²) in [4.78, 5) is 24.7. The summed E-state index contributed by atoms with van der Waals surface area (Å²) in [5.74, 6) is 0.400. The molecule has 9 heteroatoms. The zero-order chi connectivity index (χ0) is 14.8. The summed E-state index contributed by atoms with van der Waals surface area (Å²) in [5.41, 5.74) is -0.392. The summed E-state index contributed by atoms with van der Waals surface area (Å²) in [6.07, 6.45) is 3.33. The second-order valence-corrected chi connectivity index (χ2v) is 5.50. The number of carbonyl (C=O) groups excluding carboxylic acids is 1. The predicted molar refractivity (Wildman–Crippen MR) is 75.1 cm³/mol. The second kappa shape index (κ2) is 5.44. The van der Waals surface area contributed by atoms with Crippen LogP contribution in [0.5, 0.6) is 0 Å². The van der Waals surface area contributed by atoms with Gasteiger partial charge in [-0.25, -0.2) is 14.2 Å². The lowest BCUT2D eigenvalue weighted by molar-refractivity contribution is -0.117. The third kappa shape index (κ3) is 2.68. The predicted octanol–water partition coefficient (Wildman–Crippen LogP) is 0.189. The molecule has 3 heterocycles. The number of nitrogens with zero attached hydrogens (tertiary/aromatic N) is 6. The zero-order valence-electron chi connectivity index (χ0n) is 11.2. The van der Waals surface area contributed by atoms with E-state index >= 15 is 0 Å². The summed E-state index contributed by atoms with van der Waals surface area (Å²) in [7, 11) is 0. The van der Waals surface area contributed by atoms with Crippen molar-refractivity contribution in [1.29, 1.82) is 0 Å². The summed E-state index contributed by atoms with van der Waals surface area (Å²) in [6.45, 7) is 1.37. The Hall–Kier alpha value is -2.55. The molecule has 8 nitrogen and oxygen atoms in total. The van der Waals surface area contributed by atoms with E-state index in [0.29, 0.717) is 12.2 Å². The molecule has 3 rings (SSSR count). The fraction of sp³-hybridized carbons (Fsp3) is 0.250. The van der Waals surface area contributed by atoms with E-state index in [1.165, 1.54) is 28.9 Å². The smallest absolute Gasteiger partial charge is 0.298 e. The minimum absolute atomic E-state index is 0.0502. The number of thiophene rings is 1. The van der Waals surface area contributed by atoms with Gasteiger partial charge in [-0.2, -0.15) is 9.77 Å². The first-order valence-electron chi connectivity index (χ1n) is 6.21. The highest BCUT2D eigenvalue weighted by atomic mass is 32.1. The summed E-state index contributed by atoms with van der Waals surface area (Å²) < 4.78 is 3.98. The van der Waals surface area contributed by atoms with Crippen molar-refractivity contribution in [2.24, 2.45) is 0 Å². The van der Waals surface area contributed by atoms with Crippen LogP contribution in [-0.4, -0.2) is 35.1 Å². The van der Waals surface area contributed by atoms with Gasteiger partial charge in [-0.1, -0.05) is 6.07 Å². The Balaban J connectivity index is 2.08. The standard InChI is InChI=1S/C12H12N6O2S/c1-9(19)6-17-12(20)18(16-7-13-14-8-16)11(15-17)5-10-3-2-4-21-10/h2-4,7-8H,5-6H2,1H3. The molecule has 0 bridgehead atoms. The van der Waals surface area contributed by atoms with Gasteiger partial charge in [-0.3, -0.25) is 4.79 Å². The Morgan fingerprint density at radius 2 is 2.10 bits per heavy atom. The fourth-order valence-electron chi connectivity index (χ4n) is 1.97. The van der Waals surface area contributed by atoms with Crippen molar-refractivity contribution in [2.75, 3.05) is 0 Å². The second-order valence-electron chi connectivity index (χ2n) is 4.47.